The topological polar surface area (TPSA) is 43.9 Å². The fourth-order valence-electron chi connectivity index (χ4n) is 3.82. The van der Waals surface area contributed by atoms with Crippen LogP contribution in [0, 0.1) is 5.82 Å². The number of hydrogen-bond acceptors (Lipinski definition) is 4. The number of benzene rings is 2. The highest BCUT2D eigenvalue weighted by Crippen LogP contribution is 2.32. The molecule has 1 amide bonds. The molecule has 0 saturated carbocycles. The van der Waals surface area contributed by atoms with Crippen LogP contribution >= 0.6 is 0 Å². The second-order valence-electron chi connectivity index (χ2n) is 7.72. The monoisotopic (exact) mass is 381 g/mol. The molecule has 0 N–H and O–H groups in total. The van der Waals surface area contributed by atoms with Crippen LogP contribution in [0.4, 0.5) is 15.8 Å². The lowest BCUT2D eigenvalue weighted by molar-refractivity contribution is -0.114. The summed E-state index contributed by atoms with van der Waals surface area (Å²) >= 11 is 0. The number of amides is 1. The van der Waals surface area contributed by atoms with Crippen molar-refractivity contribution in [2.75, 3.05) is 42.6 Å². The maximum atomic E-state index is 13.1. The number of anilines is 2. The van der Waals surface area contributed by atoms with E-state index >= 15 is 0 Å². The molecule has 1 saturated heterocycles. The number of piperazine rings is 1. The summed E-state index contributed by atoms with van der Waals surface area (Å²) in [5.41, 5.74) is 3.29. The van der Waals surface area contributed by atoms with E-state index in [0.717, 1.165) is 37.4 Å². The summed E-state index contributed by atoms with van der Waals surface area (Å²) in [6.07, 6.45) is 0. The highest BCUT2D eigenvalue weighted by atomic mass is 19.1. The number of carbonyl (C=O) groups is 2. The molecule has 2 aromatic carbocycles. The number of halogens is 1. The molecular weight excluding hydrogens is 357 g/mol. The second-order valence-corrected chi connectivity index (χ2v) is 7.72. The summed E-state index contributed by atoms with van der Waals surface area (Å²) in [4.78, 5) is 31.0. The predicted octanol–water partition coefficient (Wildman–Crippen LogP) is 3.26. The molecule has 4 rings (SSSR count). The first-order valence-corrected chi connectivity index (χ1v) is 9.67. The standard InChI is InChI=1S/C22H24FN3O2/c1-15(2)16-3-8-20-19(13-16)21(27)22(28)26(20)14-24-9-11-25(12-10-24)18-6-4-17(23)5-7-18/h3-8,13,15H,9-12,14H2,1-2H3. The number of rotatable bonds is 4. The van der Waals surface area contributed by atoms with Crippen molar-refractivity contribution in [2.24, 2.45) is 0 Å². The SMILES string of the molecule is CC(C)c1ccc2c(c1)C(=O)C(=O)N2CN1CCN(c2ccc(F)cc2)CC1. The molecule has 6 heteroatoms. The molecule has 2 heterocycles. The summed E-state index contributed by atoms with van der Waals surface area (Å²) in [5.74, 6) is -0.792. The van der Waals surface area contributed by atoms with Crippen LogP contribution in [0.3, 0.4) is 0 Å². The van der Waals surface area contributed by atoms with Gasteiger partial charge in [-0.05, 0) is 47.9 Å². The van der Waals surface area contributed by atoms with E-state index in [-0.39, 0.29) is 5.82 Å². The van der Waals surface area contributed by atoms with Gasteiger partial charge in [0.15, 0.2) is 0 Å². The van der Waals surface area contributed by atoms with Gasteiger partial charge in [0.05, 0.1) is 17.9 Å². The molecule has 2 aliphatic rings. The highest BCUT2D eigenvalue weighted by molar-refractivity contribution is 6.52. The lowest BCUT2D eigenvalue weighted by Gasteiger charge is -2.37. The van der Waals surface area contributed by atoms with Gasteiger partial charge in [-0.3, -0.25) is 19.4 Å². The van der Waals surface area contributed by atoms with Crippen LogP contribution in [-0.4, -0.2) is 49.4 Å². The summed E-state index contributed by atoms with van der Waals surface area (Å²) < 4.78 is 13.1. The Morgan fingerprint density at radius 1 is 0.964 bits per heavy atom. The normalized spacial score (nSPS) is 17.6. The lowest BCUT2D eigenvalue weighted by Crippen LogP contribution is -2.51. The summed E-state index contributed by atoms with van der Waals surface area (Å²) in [6.45, 7) is 7.68. The van der Waals surface area contributed by atoms with E-state index < -0.39 is 11.7 Å². The van der Waals surface area contributed by atoms with Gasteiger partial charge in [0.25, 0.3) is 5.78 Å². The van der Waals surface area contributed by atoms with Crippen LogP contribution in [0.1, 0.15) is 35.7 Å². The van der Waals surface area contributed by atoms with Gasteiger partial charge >= 0.3 is 5.91 Å². The average Bonchev–Trinajstić information content (AvgIpc) is 2.94. The van der Waals surface area contributed by atoms with Crippen molar-refractivity contribution in [2.45, 2.75) is 19.8 Å². The number of ketones is 1. The fraction of sp³-hybridized carbons (Fsp3) is 0.364. The van der Waals surface area contributed by atoms with E-state index in [2.05, 4.69) is 23.6 Å². The summed E-state index contributed by atoms with van der Waals surface area (Å²) in [6, 6.07) is 12.3. The molecular formula is C22H24FN3O2. The molecule has 0 spiro atoms. The average molecular weight is 381 g/mol. The smallest absolute Gasteiger partial charge is 0.300 e. The van der Waals surface area contributed by atoms with Crippen LogP contribution in [0.5, 0.6) is 0 Å². The first kappa shape index (κ1) is 18.6. The van der Waals surface area contributed by atoms with Crippen molar-refractivity contribution in [3.05, 3.63) is 59.4 Å². The number of nitrogens with zero attached hydrogens (tertiary/aromatic N) is 3. The van der Waals surface area contributed by atoms with E-state index in [0.29, 0.717) is 23.8 Å². The third-order valence-corrected chi connectivity index (χ3v) is 5.57. The Balaban J connectivity index is 1.44. The number of carbonyl (C=O) groups excluding carboxylic acids is 2. The van der Waals surface area contributed by atoms with E-state index in [9.17, 15) is 14.0 Å². The molecule has 0 bridgehead atoms. The minimum absolute atomic E-state index is 0.237. The molecule has 2 aliphatic heterocycles. The van der Waals surface area contributed by atoms with Gasteiger partial charge in [-0.25, -0.2) is 4.39 Å². The van der Waals surface area contributed by atoms with Gasteiger partial charge in [-0.2, -0.15) is 0 Å². The molecule has 146 valence electrons. The van der Waals surface area contributed by atoms with Crippen LogP contribution in [0.2, 0.25) is 0 Å². The zero-order valence-electron chi connectivity index (χ0n) is 16.2. The summed E-state index contributed by atoms with van der Waals surface area (Å²) in [5, 5.41) is 0. The van der Waals surface area contributed by atoms with Gasteiger partial charge in [-0.15, -0.1) is 0 Å². The predicted molar refractivity (Wildman–Crippen MR) is 107 cm³/mol. The van der Waals surface area contributed by atoms with Gasteiger partial charge < -0.3 is 4.90 Å². The quantitative estimate of drug-likeness (QED) is 0.763. The van der Waals surface area contributed by atoms with Crippen molar-refractivity contribution in [3.8, 4) is 0 Å². The molecule has 0 unspecified atom stereocenters. The first-order chi connectivity index (χ1) is 13.4. The highest BCUT2D eigenvalue weighted by Gasteiger charge is 2.37. The van der Waals surface area contributed by atoms with E-state index in [1.165, 1.54) is 12.1 Å². The second kappa shape index (κ2) is 7.36. The molecule has 2 aromatic rings. The zero-order chi connectivity index (χ0) is 19.8. The molecule has 1 fully saturated rings. The van der Waals surface area contributed by atoms with Crippen molar-refractivity contribution in [3.63, 3.8) is 0 Å². The molecule has 0 aliphatic carbocycles. The van der Waals surface area contributed by atoms with Crippen LogP contribution in [-0.2, 0) is 4.79 Å². The Morgan fingerprint density at radius 2 is 1.64 bits per heavy atom. The molecule has 0 radical (unpaired) electrons. The Hall–Kier alpha value is -2.73. The van der Waals surface area contributed by atoms with Crippen molar-refractivity contribution in [1.82, 2.24) is 4.90 Å². The van der Waals surface area contributed by atoms with Gasteiger partial charge in [0.2, 0.25) is 0 Å². The molecule has 28 heavy (non-hydrogen) atoms. The Bertz CT molecular complexity index is 902. The molecule has 0 atom stereocenters. The Morgan fingerprint density at radius 3 is 2.29 bits per heavy atom. The summed E-state index contributed by atoms with van der Waals surface area (Å²) in [7, 11) is 0. The largest absolute Gasteiger partial charge is 0.369 e. The van der Waals surface area contributed by atoms with Crippen LogP contribution < -0.4 is 9.80 Å². The lowest BCUT2D eigenvalue weighted by atomic mass is 9.99. The van der Waals surface area contributed by atoms with E-state index in [1.54, 1.807) is 17.0 Å². The van der Waals surface area contributed by atoms with Crippen molar-refractivity contribution < 1.29 is 14.0 Å². The maximum absolute atomic E-state index is 13.1. The van der Waals surface area contributed by atoms with E-state index in [1.807, 2.05) is 18.2 Å². The van der Waals surface area contributed by atoms with Crippen LogP contribution in [0.25, 0.3) is 0 Å². The van der Waals surface area contributed by atoms with Gasteiger partial charge in [-0.1, -0.05) is 19.9 Å². The number of Topliss-reactive ketones (excluding diaryl/α,β-unsaturated/α-hetero) is 1. The fourth-order valence-corrected chi connectivity index (χ4v) is 3.82. The van der Waals surface area contributed by atoms with Crippen molar-refractivity contribution >= 4 is 23.1 Å². The zero-order valence-corrected chi connectivity index (χ0v) is 16.2. The third kappa shape index (κ3) is 3.40. The first-order valence-electron chi connectivity index (χ1n) is 9.67. The van der Waals surface area contributed by atoms with E-state index in [4.69, 9.17) is 0 Å². The third-order valence-electron chi connectivity index (χ3n) is 5.57. The molecule has 5 nitrogen and oxygen atoms in total. The number of fused-ring (bicyclic) bond motifs is 1. The Kier molecular flexibility index (Phi) is 4.89. The number of hydrogen-bond donors (Lipinski definition) is 0. The van der Waals surface area contributed by atoms with Crippen LogP contribution in [0.15, 0.2) is 42.5 Å². The Labute approximate surface area is 164 Å². The minimum Gasteiger partial charge on any atom is -0.369 e. The van der Waals surface area contributed by atoms with Gasteiger partial charge in [0, 0.05) is 31.9 Å². The van der Waals surface area contributed by atoms with Gasteiger partial charge in [0.1, 0.15) is 5.82 Å². The minimum atomic E-state index is -0.447. The molecule has 0 aromatic heterocycles. The van der Waals surface area contributed by atoms with Crippen molar-refractivity contribution in [1.29, 1.82) is 0 Å². The maximum Gasteiger partial charge on any atom is 0.300 e.